The zero-order chi connectivity index (χ0) is 9.54. The Morgan fingerprint density at radius 1 is 1.00 bits per heavy atom. The van der Waals surface area contributed by atoms with Crippen LogP contribution in [0.15, 0.2) is 30.3 Å². The van der Waals surface area contributed by atoms with Gasteiger partial charge in [-0.3, -0.25) is 12.4 Å². The molecule has 0 aliphatic rings. The van der Waals surface area contributed by atoms with Gasteiger partial charge in [0.1, 0.15) is 0 Å². The maximum atomic E-state index is 7.50. The van der Waals surface area contributed by atoms with Crippen LogP contribution in [0.3, 0.4) is 0 Å². The number of hydrogen-bond acceptors (Lipinski definition) is 1. The maximum absolute atomic E-state index is 7.50. The van der Waals surface area contributed by atoms with Crippen LogP contribution in [0.25, 0.3) is 4.78 Å². The fourth-order valence-electron chi connectivity index (χ4n) is 0.321. The van der Waals surface area contributed by atoms with E-state index in [1.807, 2.05) is 30.3 Å². The molecule has 3 nitrogen and oxygen atoms in total. The number of nitrogens with zero attached hydrogens (tertiary/aromatic N) is 1. The smallest absolute Gasteiger partial charge is 0.742 e. The first-order valence-corrected chi connectivity index (χ1v) is 2.62. The van der Waals surface area contributed by atoms with Crippen molar-refractivity contribution < 1.29 is 26.7 Å². The second-order valence-electron chi connectivity index (χ2n) is 0.962. The Labute approximate surface area is 87.7 Å². The van der Waals surface area contributed by atoms with Crippen LogP contribution in [0, 0.1) is 13.3 Å². The quantitative estimate of drug-likeness (QED) is 0.483. The molecule has 0 radical (unpaired) electrons. The molecule has 0 unspecified atom stereocenters. The number of hydrogen-bond donors (Lipinski definition) is 0. The molecule has 0 saturated carbocycles. The van der Waals surface area contributed by atoms with Crippen LogP contribution in [-0.2, 0) is 39.1 Å². The summed E-state index contributed by atoms with van der Waals surface area (Å²) in [6.45, 7) is 9.00. The van der Waals surface area contributed by atoms with E-state index in [-0.39, 0.29) is 17.4 Å². The second kappa shape index (κ2) is 47.6. The van der Waals surface area contributed by atoms with E-state index in [0.717, 1.165) is 0 Å². The van der Waals surface area contributed by atoms with E-state index < -0.39 is 0 Å². The topological polar surface area (TPSA) is 62.1 Å². The third kappa shape index (κ3) is 34.3. The Balaban J connectivity index is -0.0000000406. The summed E-state index contributed by atoms with van der Waals surface area (Å²) in [5.74, 6) is 0. The average molecular weight is 219 g/mol. The van der Waals surface area contributed by atoms with Crippen LogP contribution in [0.4, 0.5) is 0 Å². The fraction of sp³-hybridized carbons (Fsp3) is 0. The second-order valence-corrected chi connectivity index (χ2v) is 0.962. The molecule has 0 aromatic heterocycles. The molecule has 0 bridgehead atoms. The molecule has 1 rings (SSSR count). The van der Waals surface area contributed by atoms with Gasteiger partial charge in [0, 0.05) is 0 Å². The molecule has 58 valence electrons. The van der Waals surface area contributed by atoms with Crippen molar-refractivity contribution in [2.75, 3.05) is 0 Å². The Bertz CT molecular complexity index is 139. The summed E-state index contributed by atoms with van der Waals surface area (Å²) in [7, 11) is 0. The molecule has 0 aliphatic heterocycles. The minimum absolute atomic E-state index is 0. The number of rotatable bonds is 0. The first kappa shape index (κ1) is 22.5. The van der Waals surface area contributed by atoms with Crippen LogP contribution >= 0.6 is 0 Å². The van der Waals surface area contributed by atoms with Gasteiger partial charge < -0.3 is 4.78 Å². The molecule has 0 saturated heterocycles. The van der Waals surface area contributed by atoms with Crippen molar-refractivity contribution in [2.24, 2.45) is 0 Å². The predicted octanol–water partition coefficient (Wildman–Crippen LogP) is 1.61. The van der Waals surface area contributed by atoms with Gasteiger partial charge in [0.2, 0.25) is 0 Å². The largest absolute Gasteiger partial charge is 6.00 e. The molecule has 1 aromatic carbocycles. The van der Waals surface area contributed by atoms with Crippen molar-refractivity contribution in [3.05, 3.63) is 48.4 Å². The predicted molar refractivity (Wildman–Crippen MR) is 40.6 cm³/mol. The molecular formula is C7H5CrNO2S+4. The van der Waals surface area contributed by atoms with Gasteiger partial charge in [-0.15, -0.1) is 0 Å². The summed E-state index contributed by atoms with van der Waals surface area (Å²) in [5.41, 5.74) is 0. The first-order valence-electron chi connectivity index (χ1n) is 2.26. The Kier molecular flexibility index (Phi) is 89.3. The van der Waals surface area contributed by atoms with Gasteiger partial charge in [-0.05, 0) is 0 Å². The fourth-order valence-corrected chi connectivity index (χ4v) is 0.321. The molecule has 0 N–H and O–H groups in total. The molecule has 0 aliphatic carbocycles. The van der Waals surface area contributed by atoms with E-state index in [2.05, 4.69) is 25.7 Å². The van der Waals surface area contributed by atoms with E-state index in [1.165, 1.54) is 0 Å². The van der Waals surface area contributed by atoms with Crippen molar-refractivity contribution in [3.63, 3.8) is 0 Å². The normalized spacial score (nSPS) is 4.00. The van der Waals surface area contributed by atoms with Crippen LogP contribution in [0.1, 0.15) is 0 Å². The molecular weight excluding hydrogens is 214 g/mol. The van der Waals surface area contributed by atoms with Crippen LogP contribution in [0.2, 0.25) is 0 Å². The van der Waals surface area contributed by atoms with Crippen molar-refractivity contribution >= 4 is 12.4 Å². The Hall–Kier alpha value is -0.618. The zero-order valence-electron chi connectivity index (χ0n) is 5.97. The van der Waals surface area contributed by atoms with Crippen molar-refractivity contribution in [1.29, 1.82) is 0 Å². The average Bonchev–Trinajstić information content (AvgIpc) is 2.71. The molecule has 0 fully saturated rings. The summed E-state index contributed by atoms with van der Waals surface area (Å²) < 4.78 is 21.6. The van der Waals surface area contributed by atoms with E-state index in [9.17, 15) is 0 Å². The Morgan fingerprint density at radius 2 is 1.25 bits per heavy atom. The third-order valence-corrected chi connectivity index (χ3v) is 0.556. The maximum Gasteiger partial charge on any atom is 6.00 e. The van der Waals surface area contributed by atoms with Gasteiger partial charge in [-0.2, -0.15) is 18.2 Å². The van der Waals surface area contributed by atoms with Gasteiger partial charge in [0.05, 0.1) is 0 Å². The molecule has 0 spiro atoms. The summed E-state index contributed by atoms with van der Waals surface area (Å²) in [6.07, 6.45) is 0. The monoisotopic (exact) mass is 219 g/mol. The minimum Gasteiger partial charge on any atom is -0.742 e. The Morgan fingerprint density at radius 3 is 1.33 bits per heavy atom. The zero-order valence-corrected chi connectivity index (χ0v) is 8.06. The van der Waals surface area contributed by atoms with Gasteiger partial charge in [0.25, 0.3) is 0 Å². The third-order valence-electron chi connectivity index (χ3n) is 0.556. The molecule has 12 heavy (non-hydrogen) atoms. The van der Waals surface area contributed by atoms with Crippen molar-refractivity contribution in [1.82, 2.24) is 0 Å². The summed E-state index contributed by atoms with van der Waals surface area (Å²) in [5, 5.41) is 0. The van der Waals surface area contributed by atoms with Crippen molar-refractivity contribution in [2.45, 2.75) is 0 Å². The molecule has 5 heteroatoms. The standard InChI is InChI=1S/C5H5.2CO.Cr.NS/c1-2-4-5-3-1;2*1-2;;1-2/h1-5H;;;;/q-1;;;+6;-1. The first-order chi connectivity index (χ1) is 5.50. The van der Waals surface area contributed by atoms with E-state index in [0.29, 0.717) is 0 Å². The van der Waals surface area contributed by atoms with Crippen LogP contribution in [-0.4, -0.2) is 0 Å². The molecule has 0 atom stereocenters. The summed E-state index contributed by atoms with van der Waals surface area (Å²) in [6, 6.07) is 10.0. The van der Waals surface area contributed by atoms with E-state index in [4.69, 9.17) is 14.1 Å². The van der Waals surface area contributed by atoms with Crippen molar-refractivity contribution in [3.8, 4) is 0 Å². The summed E-state index contributed by atoms with van der Waals surface area (Å²) >= 11 is 3.08. The molecule has 0 amide bonds. The van der Waals surface area contributed by atoms with Gasteiger partial charge in [-0.25, -0.2) is 12.1 Å². The van der Waals surface area contributed by atoms with Gasteiger partial charge in [0.15, 0.2) is 0 Å². The minimum atomic E-state index is 0. The van der Waals surface area contributed by atoms with Gasteiger partial charge in [-0.1, -0.05) is 0 Å². The van der Waals surface area contributed by atoms with E-state index >= 15 is 0 Å². The molecule has 1 aromatic rings. The molecule has 0 heterocycles. The van der Waals surface area contributed by atoms with Crippen LogP contribution in [0.5, 0.6) is 0 Å². The summed E-state index contributed by atoms with van der Waals surface area (Å²) in [4.78, 5) is 0. The SMILES string of the molecule is [C-]#[O+].[C-]#[O+].[Cr+6].[N-]=S.c1cc[cH-]c1. The van der Waals surface area contributed by atoms with E-state index in [1.54, 1.807) is 0 Å². The van der Waals surface area contributed by atoms with Crippen LogP contribution < -0.4 is 0 Å². The van der Waals surface area contributed by atoms with Gasteiger partial charge >= 0.3 is 40.0 Å².